The van der Waals surface area contributed by atoms with Crippen molar-refractivity contribution in [3.63, 3.8) is 0 Å². The molecular formula is C23H22N4O2. The molecule has 0 saturated carbocycles. The second kappa shape index (κ2) is 7.72. The molecule has 0 unspecified atom stereocenters. The molecule has 6 heteroatoms. The van der Waals surface area contributed by atoms with E-state index < -0.39 is 0 Å². The number of hydrogen-bond donors (Lipinski definition) is 2. The Labute approximate surface area is 169 Å². The highest BCUT2D eigenvalue weighted by molar-refractivity contribution is 5.71. The Hall–Kier alpha value is -3.72. The number of nitrogens with zero attached hydrogens (tertiary/aromatic N) is 2. The number of ether oxygens (including phenoxy) is 2. The molecule has 0 radical (unpaired) electrons. The lowest BCUT2D eigenvalue weighted by Gasteiger charge is -2.24. The molecule has 3 aromatic rings. The molecule has 6 nitrogen and oxygen atoms in total. The Morgan fingerprint density at radius 1 is 1.17 bits per heavy atom. The first kappa shape index (κ1) is 18.6. The lowest BCUT2D eigenvalue weighted by molar-refractivity contribution is 0.317. The fourth-order valence-electron chi connectivity index (χ4n) is 3.50. The molecule has 1 aliphatic rings. The summed E-state index contributed by atoms with van der Waals surface area (Å²) in [5, 5.41) is 17.2. The molecule has 29 heavy (non-hydrogen) atoms. The smallest absolute Gasteiger partial charge is 0.244 e. The largest absolute Gasteiger partial charge is 0.494 e. The zero-order valence-electron chi connectivity index (χ0n) is 16.4. The molecule has 3 N–H and O–H groups in total. The molecular weight excluding hydrogens is 364 g/mol. The van der Waals surface area contributed by atoms with Crippen LogP contribution in [-0.4, -0.2) is 16.8 Å². The van der Waals surface area contributed by atoms with Crippen LogP contribution < -0.4 is 15.2 Å². The van der Waals surface area contributed by atoms with Crippen molar-refractivity contribution in [1.29, 1.82) is 5.26 Å². The molecule has 0 saturated heterocycles. The molecule has 0 amide bonds. The predicted octanol–water partition coefficient (Wildman–Crippen LogP) is 4.39. The van der Waals surface area contributed by atoms with Crippen LogP contribution in [0.15, 0.2) is 60.0 Å². The zero-order valence-corrected chi connectivity index (χ0v) is 16.4. The molecule has 1 aromatic heterocycles. The van der Waals surface area contributed by atoms with Crippen LogP contribution in [0.3, 0.4) is 0 Å². The number of benzene rings is 2. The minimum Gasteiger partial charge on any atom is -0.494 e. The summed E-state index contributed by atoms with van der Waals surface area (Å²) in [5.41, 5.74) is 11.1. The van der Waals surface area contributed by atoms with E-state index in [1.165, 1.54) is 0 Å². The Kier molecular flexibility index (Phi) is 4.96. The molecule has 0 fully saturated rings. The number of allylic oxidation sites excluding steroid dienone is 1. The van der Waals surface area contributed by atoms with Gasteiger partial charge in [0.05, 0.1) is 23.8 Å². The maximum absolute atomic E-state index is 9.78. The third-order valence-electron chi connectivity index (χ3n) is 4.97. The second-order valence-corrected chi connectivity index (χ2v) is 7.03. The minimum atomic E-state index is -0.353. The Bertz CT molecular complexity index is 1090. The zero-order chi connectivity index (χ0) is 20.4. The van der Waals surface area contributed by atoms with Gasteiger partial charge in [-0.25, -0.2) is 0 Å². The molecule has 2 heterocycles. The van der Waals surface area contributed by atoms with Crippen LogP contribution in [0.4, 0.5) is 0 Å². The Morgan fingerprint density at radius 3 is 2.55 bits per heavy atom. The van der Waals surface area contributed by atoms with E-state index in [1.54, 1.807) is 0 Å². The molecule has 0 aliphatic carbocycles. The normalized spacial score (nSPS) is 15.4. The fourth-order valence-corrected chi connectivity index (χ4v) is 3.50. The number of nitriles is 1. The van der Waals surface area contributed by atoms with E-state index in [1.807, 2.05) is 55.5 Å². The number of H-pyrrole nitrogens is 1. The molecule has 146 valence electrons. The summed E-state index contributed by atoms with van der Waals surface area (Å²) in [5.74, 6) is 0.951. The third kappa shape index (κ3) is 3.43. The standard InChI is InChI=1S/C23H22N4O2/c1-3-12-28-17-10-8-16(9-11-17)21-20-19(15-6-4-14(2)5-7-15)18(13-24)22(25)29-23(20)27-26-21/h4-11,19H,3,12,25H2,1-2H3,(H,26,27)/t19-/m0/s1. The maximum atomic E-state index is 9.78. The number of nitrogens with one attached hydrogen (secondary N) is 1. The first-order chi connectivity index (χ1) is 14.1. The van der Waals surface area contributed by atoms with Gasteiger partial charge in [-0.1, -0.05) is 36.8 Å². The van der Waals surface area contributed by atoms with Crippen molar-refractivity contribution < 1.29 is 9.47 Å². The van der Waals surface area contributed by atoms with Gasteiger partial charge in [-0.15, -0.1) is 5.10 Å². The van der Waals surface area contributed by atoms with E-state index in [9.17, 15) is 5.26 Å². The van der Waals surface area contributed by atoms with Gasteiger partial charge in [0.25, 0.3) is 0 Å². The van der Waals surface area contributed by atoms with Crippen molar-refractivity contribution >= 4 is 0 Å². The third-order valence-corrected chi connectivity index (χ3v) is 4.97. The van der Waals surface area contributed by atoms with Crippen molar-refractivity contribution in [2.45, 2.75) is 26.2 Å². The van der Waals surface area contributed by atoms with Gasteiger partial charge in [0.1, 0.15) is 17.4 Å². The lowest BCUT2D eigenvalue weighted by atomic mass is 9.83. The Morgan fingerprint density at radius 2 is 1.90 bits per heavy atom. The van der Waals surface area contributed by atoms with Gasteiger partial charge in [-0.2, -0.15) is 5.26 Å². The average molecular weight is 386 g/mol. The van der Waals surface area contributed by atoms with Gasteiger partial charge in [-0.3, -0.25) is 5.10 Å². The van der Waals surface area contributed by atoms with E-state index in [0.29, 0.717) is 18.1 Å². The lowest BCUT2D eigenvalue weighted by Crippen LogP contribution is -2.21. The topological polar surface area (TPSA) is 97.0 Å². The number of nitrogens with two attached hydrogens (primary N) is 1. The quantitative estimate of drug-likeness (QED) is 0.678. The molecule has 1 aliphatic heterocycles. The van der Waals surface area contributed by atoms with Gasteiger partial charge < -0.3 is 15.2 Å². The van der Waals surface area contributed by atoms with E-state index in [4.69, 9.17) is 15.2 Å². The van der Waals surface area contributed by atoms with Crippen molar-refractivity contribution in [2.75, 3.05) is 6.61 Å². The number of fused-ring (bicyclic) bond motifs is 1. The SMILES string of the molecule is CCCOc1ccc(-c2[nH]nc3c2[C@@H](c2ccc(C)cc2)C(C#N)=C(N)O3)cc1. The van der Waals surface area contributed by atoms with Gasteiger partial charge in [0.2, 0.25) is 11.8 Å². The molecule has 2 aromatic carbocycles. The molecule has 4 rings (SSSR count). The van der Waals surface area contributed by atoms with E-state index in [0.717, 1.165) is 40.1 Å². The predicted molar refractivity (Wildman–Crippen MR) is 110 cm³/mol. The number of hydrogen-bond acceptors (Lipinski definition) is 5. The minimum absolute atomic E-state index is 0.0898. The Balaban J connectivity index is 1.80. The molecule has 1 atom stereocenters. The number of aromatic nitrogens is 2. The van der Waals surface area contributed by atoms with Crippen molar-refractivity contribution in [3.8, 4) is 29.0 Å². The average Bonchev–Trinajstić information content (AvgIpc) is 3.15. The van der Waals surface area contributed by atoms with Crippen LogP contribution >= 0.6 is 0 Å². The summed E-state index contributed by atoms with van der Waals surface area (Å²) in [6.07, 6.45) is 0.954. The summed E-state index contributed by atoms with van der Waals surface area (Å²) in [6.45, 7) is 4.78. The summed E-state index contributed by atoms with van der Waals surface area (Å²) >= 11 is 0. The van der Waals surface area contributed by atoms with Gasteiger partial charge >= 0.3 is 0 Å². The highest BCUT2D eigenvalue weighted by Gasteiger charge is 2.35. The number of aromatic amines is 1. The monoisotopic (exact) mass is 386 g/mol. The van der Waals surface area contributed by atoms with Crippen LogP contribution in [0.5, 0.6) is 11.6 Å². The highest BCUT2D eigenvalue weighted by Crippen LogP contribution is 2.45. The number of aryl methyl sites for hydroxylation is 1. The van der Waals surface area contributed by atoms with Gasteiger partial charge in [-0.05, 0) is 43.2 Å². The molecule has 0 spiro atoms. The summed E-state index contributed by atoms with van der Waals surface area (Å²) < 4.78 is 11.3. The summed E-state index contributed by atoms with van der Waals surface area (Å²) in [7, 11) is 0. The van der Waals surface area contributed by atoms with Crippen LogP contribution in [0.25, 0.3) is 11.3 Å². The van der Waals surface area contributed by atoms with Crippen LogP contribution in [0.2, 0.25) is 0 Å². The fraction of sp³-hybridized carbons (Fsp3) is 0.217. The highest BCUT2D eigenvalue weighted by atomic mass is 16.5. The van der Waals surface area contributed by atoms with Crippen LogP contribution in [0, 0.1) is 18.3 Å². The number of rotatable bonds is 5. The first-order valence-electron chi connectivity index (χ1n) is 9.58. The van der Waals surface area contributed by atoms with Crippen molar-refractivity contribution in [1.82, 2.24) is 10.2 Å². The van der Waals surface area contributed by atoms with E-state index in [2.05, 4.69) is 23.2 Å². The van der Waals surface area contributed by atoms with Gasteiger partial charge in [0, 0.05) is 5.56 Å². The van der Waals surface area contributed by atoms with E-state index in [-0.39, 0.29) is 11.8 Å². The molecule has 0 bridgehead atoms. The van der Waals surface area contributed by atoms with Crippen molar-refractivity contribution in [2.24, 2.45) is 5.73 Å². The van der Waals surface area contributed by atoms with Crippen molar-refractivity contribution in [3.05, 3.63) is 76.7 Å². The van der Waals surface area contributed by atoms with Gasteiger partial charge in [0.15, 0.2) is 0 Å². The van der Waals surface area contributed by atoms with Crippen LogP contribution in [-0.2, 0) is 0 Å². The van der Waals surface area contributed by atoms with E-state index >= 15 is 0 Å². The second-order valence-electron chi connectivity index (χ2n) is 7.03. The summed E-state index contributed by atoms with van der Waals surface area (Å²) in [6, 6.07) is 18.1. The summed E-state index contributed by atoms with van der Waals surface area (Å²) in [4.78, 5) is 0. The van der Waals surface area contributed by atoms with Crippen LogP contribution in [0.1, 0.15) is 36.0 Å². The maximum Gasteiger partial charge on any atom is 0.244 e. The first-order valence-corrected chi connectivity index (χ1v) is 9.58.